The van der Waals surface area contributed by atoms with Crippen molar-refractivity contribution >= 4 is 75.2 Å². The first-order chi connectivity index (χ1) is 16.0. The van der Waals surface area contributed by atoms with Crippen molar-refractivity contribution in [3.63, 3.8) is 0 Å². The summed E-state index contributed by atoms with van der Waals surface area (Å²) in [6, 6.07) is 5.13. The fourth-order valence-corrected chi connectivity index (χ4v) is 3.40. The molecule has 0 saturated heterocycles. The minimum atomic E-state index is -0.387. The van der Waals surface area contributed by atoms with Crippen LogP contribution in [0.4, 0.5) is 5.69 Å². The van der Waals surface area contributed by atoms with Crippen LogP contribution in [-0.2, 0) is 13.1 Å². The normalized spacial score (nSPS) is 10.0. The van der Waals surface area contributed by atoms with E-state index in [4.69, 9.17) is 0 Å². The first-order valence-electron chi connectivity index (χ1n) is 9.90. The van der Waals surface area contributed by atoms with Crippen molar-refractivity contribution in [1.82, 2.24) is 9.80 Å². The van der Waals surface area contributed by atoms with Gasteiger partial charge >= 0.3 is 0 Å². The Labute approximate surface area is 214 Å². The van der Waals surface area contributed by atoms with Gasteiger partial charge in [-0.15, -0.1) is 0 Å². The molecule has 0 amide bonds. The molecule has 0 aromatic heterocycles. The third-order valence-electron chi connectivity index (χ3n) is 4.43. The van der Waals surface area contributed by atoms with Crippen molar-refractivity contribution in [2.24, 2.45) is 20.0 Å². The molecule has 1 aromatic carbocycles. The van der Waals surface area contributed by atoms with Crippen molar-refractivity contribution in [3.05, 3.63) is 39.4 Å². The SMILES string of the molecule is O=[N+]([O-])c1cc(CN(CCN=C=S)CCN=C=S)cc(CN(CCN=C=S)CCN=C=S)c1. The molecule has 0 atom stereocenters. The molecule has 1 aromatic rings. The van der Waals surface area contributed by atoms with Gasteiger partial charge in [-0.1, -0.05) is 6.07 Å². The van der Waals surface area contributed by atoms with Gasteiger partial charge in [0.15, 0.2) is 0 Å². The summed E-state index contributed by atoms with van der Waals surface area (Å²) in [5, 5.41) is 21.0. The maximum Gasteiger partial charge on any atom is 0.270 e. The Bertz CT molecular complexity index is 868. The highest BCUT2D eigenvalue weighted by molar-refractivity contribution is 7.78. The average molecular weight is 522 g/mol. The lowest BCUT2D eigenvalue weighted by Crippen LogP contribution is -2.30. The molecular weight excluding hydrogens is 499 g/mol. The summed E-state index contributed by atoms with van der Waals surface area (Å²) in [6.07, 6.45) is 0. The minimum absolute atomic E-state index is 0.0325. The number of thiocarbonyl (C=S) groups is 4. The van der Waals surface area contributed by atoms with Gasteiger partial charge in [0.2, 0.25) is 0 Å². The smallest absolute Gasteiger partial charge is 0.270 e. The van der Waals surface area contributed by atoms with E-state index in [0.717, 1.165) is 11.1 Å². The lowest BCUT2D eigenvalue weighted by Gasteiger charge is -2.22. The second-order valence-electron chi connectivity index (χ2n) is 6.71. The Kier molecular flexibility index (Phi) is 15.9. The highest BCUT2D eigenvalue weighted by Crippen LogP contribution is 2.20. The van der Waals surface area contributed by atoms with E-state index in [1.807, 2.05) is 6.07 Å². The fraction of sp³-hybridized carbons (Fsp3) is 0.500. The van der Waals surface area contributed by atoms with Crippen LogP contribution in [0.5, 0.6) is 0 Å². The maximum atomic E-state index is 11.6. The molecular formula is C20H23N7O2S4. The quantitative estimate of drug-likeness (QED) is 0.133. The number of nitrogens with zero attached hydrogens (tertiary/aromatic N) is 7. The third-order valence-corrected chi connectivity index (χ3v) is 4.95. The second-order valence-corrected chi connectivity index (χ2v) is 7.44. The summed E-state index contributed by atoms with van der Waals surface area (Å²) in [5.41, 5.74) is 1.65. The van der Waals surface area contributed by atoms with Gasteiger partial charge in [-0.05, 0) is 60.0 Å². The summed E-state index contributed by atoms with van der Waals surface area (Å²) in [6.45, 7) is 5.28. The van der Waals surface area contributed by atoms with Crippen molar-refractivity contribution in [2.45, 2.75) is 13.1 Å². The van der Waals surface area contributed by atoms with Crippen molar-refractivity contribution in [2.75, 3.05) is 52.4 Å². The molecule has 0 heterocycles. The fourth-order valence-electron chi connectivity index (χ4n) is 3.04. The molecule has 33 heavy (non-hydrogen) atoms. The van der Waals surface area contributed by atoms with Crippen molar-refractivity contribution in [3.8, 4) is 0 Å². The van der Waals surface area contributed by atoms with E-state index in [-0.39, 0.29) is 10.6 Å². The Morgan fingerprint density at radius 3 is 1.30 bits per heavy atom. The zero-order chi connectivity index (χ0) is 24.3. The molecule has 0 fully saturated rings. The lowest BCUT2D eigenvalue weighted by atomic mass is 10.1. The Morgan fingerprint density at radius 1 is 0.697 bits per heavy atom. The minimum Gasteiger partial charge on any atom is -0.295 e. The maximum absolute atomic E-state index is 11.6. The molecule has 0 N–H and O–H groups in total. The van der Waals surface area contributed by atoms with E-state index >= 15 is 0 Å². The van der Waals surface area contributed by atoms with Gasteiger partial charge in [-0.3, -0.25) is 19.9 Å². The summed E-state index contributed by atoms with van der Waals surface area (Å²) < 4.78 is 0. The molecule has 0 aliphatic carbocycles. The number of hydrogen-bond donors (Lipinski definition) is 0. The molecule has 0 radical (unpaired) electrons. The van der Waals surface area contributed by atoms with Gasteiger partial charge in [0.25, 0.3) is 5.69 Å². The van der Waals surface area contributed by atoms with Crippen LogP contribution in [0.1, 0.15) is 11.1 Å². The number of benzene rings is 1. The van der Waals surface area contributed by atoms with Crippen LogP contribution >= 0.6 is 48.9 Å². The summed E-state index contributed by atoms with van der Waals surface area (Å²) in [4.78, 5) is 31.1. The van der Waals surface area contributed by atoms with Gasteiger partial charge in [0.05, 0.1) is 51.7 Å². The van der Waals surface area contributed by atoms with Crippen LogP contribution in [0, 0.1) is 10.1 Å². The molecule has 0 bridgehead atoms. The first kappa shape index (κ1) is 28.8. The topological polar surface area (TPSA) is 99.1 Å². The third kappa shape index (κ3) is 13.1. The van der Waals surface area contributed by atoms with E-state index in [1.165, 1.54) is 0 Å². The van der Waals surface area contributed by atoms with Crippen molar-refractivity contribution in [1.29, 1.82) is 0 Å². The Morgan fingerprint density at radius 2 is 1.03 bits per heavy atom. The molecule has 0 unspecified atom stereocenters. The average Bonchev–Trinajstić information content (AvgIpc) is 2.79. The largest absolute Gasteiger partial charge is 0.295 e. The summed E-state index contributed by atoms with van der Waals surface area (Å²) in [7, 11) is 0. The monoisotopic (exact) mass is 521 g/mol. The molecule has 0 aliphatic heterocycles. The second kappa shape index (κ2) is 18.2. The molecule has 1 rings (SSSR count). The van der Waals surface area contributed by atoms with Crippen LogP contribution in [0.15, 0.2) is 38.2 Å². The first-order valence-corrected chi connectivity index (χ1v) is 11.5. The molecule has 13 heteroatoms. The standard InChI is InChI=1S/C20H23N7O2S4/c28-27(29)20-10-18(12-25(5-1-21-14-30)6-2-22-15-31)9-19(11-20)13-26(7-3-23-16-32)8-4-24-17-33/h9-11H,1-8,12-13H2. The van der Waals surface area contributed by atoms with Crippen LogP contribution in [0.3, 0.4) is 0 Å². The molecule has 0 spiro atoms. The number of aliphatic imine (C=N–C) groups is 4. The molecule has 9 nitrogen and oxygen atoms in total. The zero-order valence-electron chi connectivity index (χ0n) is 17.9. The van der Waals surface area contributed by atoms with Gasteiger partial charge in [-0.25, -0.2) is 20.0 Å². The Balaban J connectivity index is 3.11. The van der Waals surface area contributed by atoms with Gasteiger partial charge in [0, 0.05) is 51.4 Å². The zero-order valence-corrected chi connectivity index (χ0v) is 21.1. The highest BCUT2D eigenvalue weighted by Gasteiger charge is 2.15. The Hall–Kier alpha value is -2.26. The van der Waals surface area contributed by atoms with Gasteiger partial charge < -0.3 is 0 Å². The number of nitro benzene ring substituents is 1. The number of rotatable bonds is 17. The molecule has 174 valence electrons. The van der Waals surface area contributed by atoms with Gasteiger partial charge in [-0.2, -0.15) is 0 Å². The summed E-state index contributed by atoms with van der Waals surface area (Å²) >= 11 is 18.5. The predicted octanol–water partition coefficient (Wildman–Crippen LogP) is 3.61. The van der Waals surface area contributed by atoms with E-state index in [1.54, 1.807) is 12.1 Å². The lowest BCUT2D eigenvalue weighted by molar-refractivity contribution is -0.385. The number of isothiocyanates is 4. The molecule has 0 aliphatic rings. The van der Waals surface area contributed by atoms with E-state index < -0.39 is 0 Å². The highest BCUT2D eigenvalue weighted by atomic mass is 32.1. The van der Waals surface area contributed by atoms with E-state index in [9.17, 15) is 10.1 Å². The van der Waals surface area contributed by atoms with Crippen LogP contribution in [0.2, 0.25) is 0 Å². The van der Waals surface area contributed by atoms with E-state index in [0.29, 0.717) is 65.4 Å². The number of nitro groups is 1. The van der Waals surface area contributed by atoms with Gasteiger partial charge in [0.1, 0.15) is 0 Å². The predicted molar refractivity (Wildman–Crippen MR) is 143 cm³/mol. The van der Waals surface area contributed by atoms with Crippen LogP contribution in [-0.4, -0.2) is 87.7 Å². The van der Waals surface area contributed by atoms with Crippen LogP contribution in [0.25, 0.3) is 0 Å². The number of non-ortho nitro benzene ring substituents is 1. The summed E-state index contributed by atoms with van der Waals surface area (Å²) in [5.74, 6) is 0. The van der Waals surface area contributed by atoms with Crippen LogP contribution < -0.4 is 0 Å². The van der Waals surface area contributed by atoms with Crippen molar-refractivity contribution < 1.29 is 4.92 Å². The molecule has 0 saturated carbocycles. The number of hydrogen-bond acceptors (Lipinski definition) is 12. The van der Waals surface area contributed by atoms with E-state index in [2.05, 4.69) is 99.3 Å².